The third-order valence-corrected chi connectivity index (χ3v) is 5.26. The molecule has 2 rings (SSSR count). The zero-order chi connectivity index (χ0) is 16.5. The van der Waals surface area contributed by atoms with Gasteiger partial charge in [-0.3, -0.25) is 0 Å². The van der Waals surface area contributed by atoms with Crippen molar-refractivity contribution in [3.63, 3.8) is 0 Å². The largest absolute Gasteiger partial charge is 0.501 e. The third kappa shape index (κ3) is 3.10. The number of hydrogen-bond donors (Lipinski definition) is 1. The first-order valence-corrected chi connectivity index (χ1v) is 8.06. The Morgan fingerprint density at radius 2 is 2.00 bits per heavy atom. The number of sulfone groups is 1. The number of benzene rings is 1. The summed E-state index contributed by atoms with van der Waals surface area (Å²) in [6, 6.07) is 7.56. The van der Waals surface area contributed by atoms with Crippen molar-refractivity contribution < 1.29 is 26.7 Å². The van der Waals surface area contributed by atoms with Crippen molar-refractivity contribution >= 4 is 9.84 Å². The molecule has 1 aromatic rings. The van der Waals surface area contributed by atoms with Gasteiger partial charge in [0.15, 0.2) is 0 Å². The number of hydrogen-bond acceptors (Lipinski definition) is 4. The summed E-state index contributed by atoms with van der Waals surface area (Å²) in [4.78, 5) is -0.937. The molecule has 4 nitrogen and oxygen atoms in total. The molecule has 1 saturated carbocycles. The molecule has 1 radical (unpaired) electrons. The fraction of sp³-hybridized carbons (Fsp3) is 0.500. The molecule has 0 bridgehead atoms. The second kappa shape index (κ2) is 5.89. The summed E-state index contributed by atoms with van der Waals surface area (Å²) in [6.45, 7) is 0. The van der Waals surface area contributed by atoms with E-state index >= 15 is 0 Å². The molecule has 22 heavy (non-hydrogen) atoms. The Balaban J connectivity index is 2.28. The highest BCUT2D eigenvalue weighted by atomic mass is 32.2. The standard InChI is InChI=1S/C14H13F3NO3S/c15-14(16,17)22(20,21)12-4-1-9(2-5-12)13-6-3-11(19)7-10(13)8-18/h1-2,4,10-11,13,19H,3,6-7H2. The summed E-state index contributed by atoms with van der Waals surface area (Å²) in [5, 5.41) is 18.7. The van der Waals surface area contributed by atoms with Gasteiger partial charge in [0.05, 0.1) is 23.0 Å². The van der Waals surface area contributed by atoms with E-state index in [0.29, 0.717) is 24.8 Å². The Labute approximate surface area is 126 Å². The normalized spacial score (nSPS) is 26.4. The fourth-order valence-corrected chi connectivity index (χ4v) is 3.35. The number of nitriles is 1. The number of halogens is 3. The molecule has 1 aliphatic rings. The van der Waals surface area contributed by atoms with Gasteiger partial charge in [-0.1, -0.05) is 6.07 Å². The molecule has 3 unspecified atom stereocenters. The van der Waals surface area contributed by atoms with Crippen molar-refractivity contribution in [2.45, 2.75) is 41.7 Å². The zero-order valence-corrected chi connectivity index (χ0v) is 12.2. The Kier molecular flexibility index (Phi) is 4.49. The highest BCUT2D eigenvalue weighted by Gasteiger charge is 2.47. The topological polar surface area (TPSA) is 78.2 Å². The molecule has 119 valence electrons. The molecule has 8 heteroatoms. The van der Waals surface area contributed by atoms with Gasteiger partial charge in [0.1, 0.15) is 0 Å². The van der Waals surface area contributed by atoms with Crippen LogP contribution in [-0.2, 0) is 9.84 Å². The molecule has 1 N–H and O–H groups in total. The van der Waals surface area contributed by atoms with Gasteiger partial charge in [-0.25, -0.2) is 8.42 Å². The minimum absolute atomic E-state index is 0.243. The molecule has 0 aromatic heterocycles. The van der Waals surface area contributed by atoms with Gasteiger partial charge in [-0.2, -0.15) is 18.4 Å². The summed E-state index contributed by atoms with van der Waals surface area (Å²) in [5.41, 5.74) is -4.81. The van der Waals surface area contributed by atoms with Gasteiger partial charge in [0, 0.05) is 6.07 Å². The average Bonchev–Trinajstić information content (AvgIpc) is 2.46. The van der Waals surface area contributed by atoms with Crippen molar-refractivity contribution in [2.75, 3.05) is 0 Å². The fourth-order valence-electron chi connectivity index (χ4n) is 2.64. The molecular formula is C14H13F3NO3S. The molecule has 1 aromatic carbocycles. The summed E-state index contributed by atoms with van der Waals surface area (Å²) in [6.07, 6.45) is 0.739. The van der Waals surface area contributed by atoms with Crippen molar-refractivity contribution in [1.29, 1.82) is 5.26 Å². The first-order chi connectivity index (χ1) is 10.2. The van der Waals surface area contributed by atoms with E-state index in [2.05, 4.69) is 12.1 Å². The van der Waals surface area contributed by atoms with Crippen LogP contribution in [0.1, 0.15) is 30.7 Å². The van der Waals surface area contributed by atoms with Gasteiger partial charge < -0.3 is 5.11 Å². The summed E-state index contributed by atoms with van der Waals surface area (Å²) < 4.78 is 59.9. The number of aliphatic hydroxyl groups excluding tert-OH is 1. The smallest absolute Gasteiger partial charge is 0.393 e. The first kappa shape index (κ1) is 16.8. The number of aliphatic hydroxyl groups is 1. The van der Waals surface area contributed by atoms with Crippen LogP contribution in [0.5, 0.6) is 0 Å². The molecule has 0 amide bonds. The van der Waals surface area contributed by atoms with Crippen LogP contribution < -0.4 is 0 Å². The van der Waals surface area contributed by atoms with Crippen LogP contribution in [0.25, 0.3) is 0 Å². The number of rotatable bonds is 2. The highest BCUT2D eigenvalue weighted by Crippen LogP contribution is 2.38. The van der Waals surface area contributed by atoms with Gasteiger partial charge >= 0.3 is 5.51 Å². The van der Waals surface area contributed by atoms with Crippen LogP contribution in [-0.4, -0.2) is 25.1 Å². The lowest BCUT2D eigenvalue weighted by Gasteiger charge is -2.30. The molecule has 0 spiro atoms. The molecule has 0 aliphatic heterocycles. The van der Waals surface area contributed by atoms with Crippen LogP contribution in [0.2, 0.25) is 0 Å². The van der Waals surface area contributed by atoms with Crippen LogP contribution in [0.15, 0.2) is 23.1 Å². The lowest BCUT2D eigenvalue weighted by molar-refractivity contribution is -0.0436. The zero-order valence-electron chi connectivity index (χ0n) is 11.3. The molecule has 1 fully saturated rings. The maximum Gasteiger partial charge on any atom is 0.501 e. The Morgan fingerprint density at radius 3 is 2.50 bits per heavy atom. The minimum atomic E-state index is -5.41. The van der Waals surface area contributed by atoms with Crippen LogP contribution in [0.3, 0.4) is 0 Å². The maximum absolute atomic E-state index is 12.5. The summed E-state index contributed by atoms with van der Waals surface area (Å²) in [5.74, 6) is -0.700. The average molecular weight is 332 g/mol. The number of alkyl halides is 3. The molecule has 0 heterocycles. The van der Waals surface area contributed by atoms with Crippen molar-refractivity contribution in [2.24, 2.45) is 5.92 Å². The van der Waals surface area contributed by atoms with Crippen LogP contribution >= 0.6 is 0 Å². The van der Waals surface area contributed by atoms with Crippen LogP contribution in [0.4, 0.5) is 13.2 Å². The Bertz CT molecular complexity index is 677. The predicted octanol–water partition coefficient (Wildman–Crippen LogP) is 2.55. The minimum Gasteiger partial charge on any atom is -0.393 e. The van der Waals surface area contributed by atoms with Gasteiger partial charge in [-0.15, -0.1) is 0 Å². The van der Waals surface area contributed by atoms with E-state index in [1.807, 2.05) is 0 Å². The maximum atomic E-state index is 12.5. The van der Waals surface area contributed by atoms with E-state index in [1.54, 1.807) is 0 Å². The Morgan fingerprint density at radius 1 is 1.32 bits per heavy atom. The first-order valence-electron chi connectivity index (χ1n) is 6.57. The van der Waals surface area contributed by atoms with E-state index in [9.17, 15) is 26.7 Å². The second-order valence-corrected chi connectivity index (χ2v) is 7.15. The summed E-state index contributed by atoms with van der Waals surface area (Å²) >= 11 is 0. The van der Waals surface area contributed by atoms with E-state index < -0.39 is 32.3 Å². The van der Waals surface area contributed by atoms with E-state index in [0.717, 1.165) is 6.07 Å². The van der Waals surface area contributed by atoms with Gasteiger partial charge in [0.2, 0.25) is 0 Å². The quantitative estimate of drug-likeness (QED) is 0.903. The second-order valence-electron chi connectivity index (χ2n) is 5.24. The lowest BCUT2D eigenvalue weighted by Crippen LogP contribution is -2.26. The van der Waals surface area contributed by atoms with Crippen molar-refractivity contribution in [3.05, 3.63) is 29.8 Å². The Hall–Kier alpha value is -1.59. The summed E-state index contributed by atoms with van der Waals surface area (Å²) in [7, 11) is -5.41. The van der Waals surface area contributed by atoms with E-state index in [4.69, 9.17) is 5.26 Å². The molecule has 0 saturated heterocycles. The van der Waals surface area contributed by atoms with Crippen LogP contribution in [0, 0.1) is 23.3 Å². The monoisotopic (exact) mass is 332 g/mol. The molecular weight excluding hydrogens is 319 g/mol. The lowest BCUT2D eigenvalue weighted by atomic mass is 9.75. The number of nitrogens with zero attached hydrogens (tertiary/aromatic N) is 1. The predicted molar refractivity (Wildman–Crippen MR) is 70.2 cm³/mol. The molecule has 1 aliphatic carbocycles. The van der Waals surface area contributed by atoms with Crippen molar-refractivity contribution in [3.8, 4) is 6.07 Å². The highest BCUT2D eigenvalue weighted by molar-refractivity contribution is 7.92. The SMILES string of the molecule is N#CC1CC(O)CCC1c1c[c]c(S(=O)(=O)C(F)(F)F)cc1. The van der Waals surface area contributed by atoms with Gasteiger partial charge in [0.25, 0.3) is 9.84 Å². The molecule has 3 atom stereocenters. The van der Waals surface area contributed by atoms with E-state index in [1.165, 1.54) is 12.1 Å². The van der Waals surface area contributed by atoms with Gasteiger partial charge in [-0.05, 0) is 42.9 Å². The third-order valence-electron chi connectivity index (χ3n) is 3.82. The van der Waals surface area contributed by atoms with E-state index in [-0.39, 0.29) is 5.92 Å². The van der Waals surface area contributed by atoms with Crippen molar-refractivity contribution in [1.82, 2.24) is 0 Å².